The van der Waals surface area contributed by atoms with E-state index in [1.165, 1.54) is 51.4 Å². The van der Waals surface area contributed by atoms with Gasteiger partial charge in [-0.3, -0.25) is 4.99 Å². The molecule has 0 amide bonds. The summed E-state index contributed by atoms with van der Waals surface area (Å²) in [5.74, 6) is 0.959. The standard InChI is InChI=1S/C22H43N3O2/c1-4-26-16-14-21(10-6-7-11-21)18-24-20(23-3)25-19-22(12-8-9-13-22)15-17-27-5-2/h4-19H2,1-3H3,(H2,23,24,25). The van der Waals surface area contributed by atoms with Gasteiger partial charge in [0.25, 0.3) is 0 Å². The molecule has 2 saturated carbocycles. The molecule has 0 heterocycles. The molecule has 2 aliphatic carbocycles. The first-order chi connectivity index (χ1) is 13.2. The largest absolute Gasteiger partial charge is 0.382 e. The summed E-state index contributed by atoms with van der Waals surface area (Å²) in [7, 11) is 1.89. The van der Waals surface area contributed by atoms with E-state index in [0.717, 1.165) is 58.3 Å². The van der Waals surface area contributed by atoms with Crippen LogP contribution in [0.15, 0.2) is 4.99 Å². The van der Waals surface area contributed by atoms with Crippen molar-refractivity contribution in [3.05, 3.63) is 0 Å². The van der Waals surface area contributed by atoms with E-state index < -0.39 is 0 Å². The fourth-order valence-corrected chi connectivity index (χ4v) is 4.91. The predicted octanol–water partition coefficient (Wildman–Crippen LogP) is 4.13. The third kappa shape index (κ3) is 7.26. The molecule has 0 bridgehead atoms. The van der Waals surface area contributed by atoms with Gasteiger partial charge in [0, 0.05) is 46.6 Å². The molecular weight excluding hydrogens is 338 g/mol. The molecule has 27 heavy (non-hydrogen) atoms. The minimum Gasteiger partial charge on any atom is -0.382 e. The van der Waals surface area contributed by atoms with Gasteiger partial charge in [0.15, 0.2) is 5.96 Å². The van der Waals surface area contributed by atoms with Crippen molar-refractivity contribution < 1.29 is 9.47 Å². The van der Waals surface area contributed by atoms with Gasteiger partial charge in [-0.25, -0.2) is 0 Å². The molecule has 0 spiro atoms. The molecule has 0 saturated heterocycles. The van der Waals surface area contributed by atoms with E-state index in [1.54, 1.807) is 0 Å². The molecule has 2 fully saturated rings. The van der Waals surface area contributed by atoms with Gasteiger partial charge in [-0.05, 0) is 63.2 Å². The lowest BCUT2D eigenvalue weighted by molar-refractivity contribution is 0.103. The molecule has 2 N–H and O–H groups in total. The Morgan fingerprint density at radius 3 is 1.52 bits per heavy atom. The van der Waals surface area contributed by atoms with Crippen molar-refractivity contribution in [2.75, 3.05) is 46.6 Å². The van der Waals surface area contributed by atoms with Crippen LogP contribution in [0.1, 0.15) is 78.1 Å². The third-order valence-electron chi connectivity index (χ3n) is 6.78. The fourth-order valence-electron chi connectivity index (χ4n) is 4.91. The molecule has 0 atom stereocenters. The van der Waals surface area contributed by atoms with Gasteiger partial charge >= 0.3 is 0 Å². The van der Waals surface area contributed by atoms with Crippen molar-refractivity contribution >= 4 is 5.96 Å². The molecule has 0 aliphatic heterocycles. The van der Waals surface area contributed by atoms with Gasteiger partial charge in [-0.15, -0.1) is 0 Å². The molecule has 0 aromatic heterocycles. The highest BCUT2D eigenvalue weighted by atomic mass is 16.5. The smallest absolute Gasteiger partial charge is 0.191 e. The van der Waals surface area contributed by atoms with Crippen LogP contribution in [0.2, 0.25) is 0 Å². The highest BCUT2D eigenvalue weighted by Gasteiger charge is 2.35. The SMILES string of the molecule is CCOCCC1(CNC(=NC)NCC2(CCOCC)CCCC2)CCCC1. The summed E-state index contributed by atoms with van der Waals surface area (Å²) < 4.78 is 11.3. The Kier molecular flexibility index (Phi) is 9.91. The monoisotopic (exact) mass is 381 g/mol. The molecule has 0 aromatic carbocycles. The minimum atomic E-state index is 0.382. The summed E-state index contributed by atoms with van der Waals surface area (Å²) in [4.78, 5) is 4.50. The van der Waals surface area contributed by atoms with E-state index in [0.29, 0.717) is 10.8 Å². The molecule has 0 unspecified atom stereocenters. The van der Waals surface area contributed by atoms with E-state index in [2.05, 4.69) is 29.5 Å². The number of nitrogens with one attached hydrogen (secondary N) is 2. The Bertz CT molecular complexity index is 391. The number of hydrogen-bond acceptors (Lipinski definition) is 3. The highest BCUT2D eigenvalue weighted by molar-refractivity contribution is 5.79. The van der Waals surface area contributed by atoms with E-state index in [-0.39, 0.29) is 0 Å². The minimum absolute atomic E-state index is 0.382. The Balaban J connectivity index is 1.81. The topological polar surface area (TPSA) is 54.9 Å². The third-order valence-corrected chi connectivity index (χ3v) is 6.78. The average molecular weight is 382 g/mol. The van der Waals surface area contributed by atoms with Gasteiger partial charge in [-0.1, -0.05) is 25.7 Å². The second kappa shape index (κ2) is 11.9. The summed E-state index contributed by atoms with van der Waals surface area (Å²) in [6, 6.07) is 0. The number of nitrogens with zero attached hydrogens (tertiary/aromatic N) is 1. The number of guanidine groups is 1. The Labute approximate surface area is 167 Å². The zero-order valence-corrected chi connectivity index (χ0v) is 18.1. The van der Waals surface area contributed by atoms with Gasteiger partial charge in [0.05, 0.1) is 0 Å². The Hall–Kier alpha value is -0.810. The summed E-state index contributed by atoms with van der Waals surface area (Å²) in [5, 5.41) is 7.28. The number of ether oxygens (including phenoxy) is 2. The van der Waals surface area contributed by atoms with Crippen LogP contribution >= 0.6 is 0 Å². The summed E-state index contributed by atoms with van der Waals surface area (Å²) >= 11 is 0. The van der Waals surface area contributed by atoms with E-state index in [4.69, 9.17) is 9.47 Å². The van der Waals surface area contributed by atoms with Gasteiger partial charge in [0.2, 0.25) is 0 Å². The lowest BCUT2D eigenvalue weighted by Crippen LogP contribution is -2.46. The zero-order valence-electron chi connectivity index (χ0n) is 18.1. The predicted molar refractivity (Wildman–Crippen MR) is 113 cm³/mol. The molecule has 5 heteroatoms. The van der Waals surface area contributed by atoms with Gasteiger partial charge < -0.3 is 20.1 Å². The first-order valence-corrected chi connectivity index (χ1v) is 11.3. The quantitative estimate of drug-likeness (QED) is 0.303. The van der Waals surface area contributed by atoms with Crippen LogP contribution in [-0.2, 0) is 9.47 Å². The lowest BCUT2D eigenvalue weighted by Gasteiger charge is -2.32. The molecule has 158 valence electrons. The van der Waals surface area contributed by atoms with Crippen LogP contribution in [0.25, 0.3) is 0 Å². The van der Waals surface area contributed by atoms with Crippen LogP contribution in [-0.4, -0.2) is 52.5 Å². The van der Waals surface area contributed by atoms with Crippen molar-refractivity contribution in [2.45, 2.75) is 78.1 Å². The fraction of sp³-hybridized carbons (Fsp3) is 0.955. The Morgan fingerprint density at radius 2 is 1.19 bits per heavy atom. The van der Waals surface area contributed by atoms with Crippen LogP contribution in [0, 0.1) is 10.8 Å². The summed E-state index contributed by atoms with van der Waals surface area (Å²) in [6.45, 7) is 9.56. The molecule has 2 aliphatic rings. The van der Waals surface area contributed by atoms with Crippen molar-refractivity contribution in [1.29, 1.82) is 0 Å². The summed E-state index contributed by atoms with van der Waals surface area (Å²) in [5.41, 5.74) is 0.763. The van der Waals surface area contributed by atoms with Crippen LogP contribution in [0.3, 0.4) is 0 Å². The maximum Gasteiger partial charge on any atom is 0.191 e. The van der Waals surface area contributed by atoms with Gasteiger partial charge in [-0.2, -0.15) is 0 Å². The first-order valence-electron chi connectivity index (χ1n) is 11.3. The van der Waals surface area contributed by atoms with E-state index in [9.17, 15) is 0 Å². The van der Waals surface area contributed by atoms with Crippen LogP contribution in [0.5, 0.6) is 0 Å². The maximum atomic E-state index is 5.64. The van der Waals surface area contributed by atoms with Crippen molar-refractivity contribution in [3.63, 3.8) is 0 Å². The number of rotatable bonds is 12. The Morgan fingerprint density at radius 1 is 0.778 bits per heavy atom. The molecule has 2 rings (SSSR count). The van der Waals surface area contributed by atoms with Crippen molar-refractivity contribution in [3.8, 4) is 0 Å². The number of hydrogen-bond donors (Lipinski definition) is 2. The van der Waals surface area contributed by atoms with Crippen molar-refractivity contribution in [1.82, 2.24) is 10.6 Å². The van der Waals surface area contributed by atoms with Crippen LogP contribution < -0.4 is 10.6 Å². The van der Waals surface area contributed by atoms with Gasteiger partial charge in [0.1, 0.15) is 0 Å². The highest BCUT2D eigenvalue weighted by Crippen LogP contribution is 2.41. The van der Waals surface area contributed by atoms with E-state index in [1.807, 2.05) is 7.05 Å². The van der Waals surface area contributed by atoms with E-state index >= 15 is 0 Å². The summed E-state index contributed by atoms with van der Waals surface area (Å²) in [6.07, 6.45) is 12.9. The number of aliphatic imine (C=N–C) groups is 1. The second-order valence-corrected chi connectivity index (χ2v) is 8.59. The normalized spacial score (nSPS) is 20.6. The van der Waals surface area contributed by atoms with Crippen molar-refractivity contribution in [2.24, 2.45) is 15.8 Å². The molecule has 0 radical (unpaired) electrons. The first kappa shape index (κ1) is 22.5. The second-order valence-electron chi connectivity index (χ2n) is 8.59. The average Bonchev–Trinajstić information content (AvgIpc) is 3.33. The van der Waals surface area contributed by atoms with Crippen LogP contribution in [0.4, 0.5) is 0 Å². The molecule has 5 nitrogen and oxygen atoms in total. The lowest BCUT2D eigenvalue weighted by atomic mass is 9.82. The molecule has 0 aromatic rings. The maximum absolute atomic E-state index is 5.64. The molecular formula is C22H43N3O2. The zero-order chi connectivity index (χ0) is 19.4.